The Labute approximate surface area is 158 Å². The number of likely N-dealkylation sites (N-methyl/N-ethyl adjacent to an activating group) is 1. The molecule has 0 aliphatic heterocycles. The standard InChI is InChI=1S/C20H22ClNO4/c1-14(23)26-19(16-11-7-4-8-12-16)18(21)20(25)22(2)13-17(24)15-9-5-3-6-10-15/h3-12,17-19,24H,13H2,1-2H3/t17?,18-,19+/m1/s1. The molecule has 0 aliphatic rings. The van der Waals surface area contributed by atoms with E-state index in [4.69, 9.17) is 16.3 Å². The van der Waals surface area contributed by atoms with Gasteiger partial charge in [0.05, 0.1) is 12.6 Å². The largest absolute Gasteiger partial charge is 0.456 e. The summed E-state index contributed by atoms with van der Waals surface area (Å²) in [6.07, 6.45) is -1.74. The summed E-state index contributed by atoms with van der Waals surface area (Å²) >= 11 is 6.35. The van der Waals surface area contributed by atoms with Crippen LogP contribution in [0.5, 0.6) is 0 Å². The minimum Gasteiger partial charge on any atom is -0.456 e. The highest BCUT2D eigenvalue weighted by molar-refractivity contribution is 6.31. The van der Waals surface area contributed by atoms with Crippen molar-refractivity contribution in [2.75, 3.05) is 13.6 Å². The molecule has 1 amide bonds. The van der Waals surface area contributed by atoms with Crippen molar-refractivity contribution in [1.29, 1.82) is 0 Å². The Kier molecular flexibility index (Phi) is 7.18. The molecule has 0 saturated heterocycles. The first-order chi connectivity index (χ1) is 12.4. The molecule has 0 radical (unpaired) electrons. The predicted molar refractivity (Wildman–Crippen MR) is 99.6 cm³/mol. The molecule has 1 unspecified atom stereocenters. The molecule has 2 aromatic carbocycles. The Balaban J connectivity index is 2.10. The first-order valence-corrected chi connectivity index (χ1v) is 8.68. The third-order valence-electron chi connectivity index (χ3n) is 3.93. The van der Waals surface area contributed by atoms with Crippen molar-refractivity contribution in [2.45, 2.75) is 24.5 Å². The molecule has 2 aromatic rings. The van der Waals surface area contributed by atoms with Gasteiger partial charge in [-0.15, -0.1) is 11.6 Å². The second-order valence-electron chi connectivity index (χ2n) is 5.99. The fourth-order valence-corrected chi connectivity index (χ4v) is 2.95. The first kappa shape index (κ1) is 19.9. The van der Waals surface area contributed by atoms with Crippen LogP contribution in [0.3, 0.4) is 0 Å². The number of carbonyl (C=O) groups is 2. The van der Waals surface area contributed by atoms with E-state index in [-0.39, 0.29) is 6.54 Å². The van der Waals surface area contributed by atoms with Gasteiger partial charge in [-0.05, 0) is 11.1 Å². The van der Waals surface area contributed by atoms with Gasteiger partial charge in [-0.1, -0.05) is 60.7 Å². The molecule has 2 rings (SSSR count). The fourth-order valence-electron chi connectivity index (χ4n) is 2.59. The Morgan fingerprint density at radius 3 is 2.04 bits per heavy atom. The summed E-state index contributed by atoms with van der Waals surface area (Å²) in [7, 11) is 1.56. The number of alkyl halides is 1. The average Bonchev–Trinajstić information content (AvgIpc) is 2.66. The van der Waals surface area contributed by atoms with Crippen molar-refractivity contribution in [1.82, 2.24) is 4.90 Å². The van der Waals surface area contributed by atoms with Crippen molar-refractivity contribution < 1.29 is 19.4 Å². The van der Waals surface area contributed by atoms with Crippen LogP contribution in [0.25, 0.3) is 0 Å². The number of rotatable bonds is 7. The summed E-state index contributed by atoms with van der Waals surface area (Å²) < 4.78 is 5.28. The van der Waals surface area contributed by atoms with E-state index in [0.717, 1.165) is 0 Å². The van der Waals surface area contributed by atoms with Crippen LogP contribution in [0.1, 0.15) is 30.3 Å². The highest BCUT2D eigenvalue weighted by Gasteiger charge is 2.33. The van der Waals surface area contributed by atoms with Crippen LogP contribution in [0.2, 0.25) is 0 Å². The van der Waals surface area contributed by atoms with E-state index in [1.807, 2.05) is 24.3 Å². The van der Waals surface area contributed by atoms with Gasteiger partial charge in [-0.2, -0.15) is 0 Å². The monoisotopic (exact) mass is 375 g/mol. The van der Waals surface area contributed by atoms with Crippen molar-refractivity contribution >= 4 is 23.5 Å². The quantitative estimate of drug-likeness (QED) is 0.596. The van der Waals surface area contributed by atoms with Gasteiger partial charge >= 0.3 is 5.97 Å². The second kappa shape index (κ2) is 9.36. The predicted octanol–water partition coefficient (Wildman–Crippen LogP) is 3.09. The van der Waals surface area contributed by atoms with E-state index in [1.54, 1.807) is 43.4 Å². The molecule has 138 valence electrons. The van der Waals surface area contributed by atoms with Crippen LogP contribution in [-0.2, 0) is 14.3 Å². The maximum Gasteiger partial charge on any atom is 0.303 e. The molecule has 0 spiro atoms. The SMILES string of the molecule is CC(=O)O[C@@H](c1ccccc1)[C@@H](Cl)C(=O)N(C)CC(O)c1ccccc1. The lowest BCUT2D eigenvalue weighted by molar-refractivity contribution is -0.149. The van der Waals surface area contributed by atoms with Crippen LogP contribution in [0.15, 0.2) is 60.7 Å². The molecular weight excluding hydrogens is 354 g/mol. The summed E-state index contributed by atoms with van der Waals surface area (Å²) in [5.74, 6) is -0.957. The topological polar surface area (TPSA) is 66.8 Å². The number of hydrogen-bond donors (Lipinski definition) is 1. The van der Waals surface area contributed by atoms with Crippen molar-refractivity contribution in [3.05, 3.63) is 71.8 Å². The molecule has 6 heteroatoms. The Bertz CT molecular complexity index is 723. The zero-order valence-corrected chi connectivity index (χ0v) is 15.5. The lowest BCUT2D eigenvalue weighted by Gasteiger charge is -2.27. The van der Waals surface area contributed by atoms with E-state index < -0.39 is 29.5 Å². The normalized spacial score (nSPS) is 14.2. The first-order valence-electron chi connectivity index (χ1n) is 8.24. The van der Waals surface area contributed by atoms with Gasteiger partial charge in [0.15, 0.2) is 11.5 Å². The molecule has 0 aromatic heterocycles. The molecule has 26 heavy (non-hydrogen) atoms. The molecule has 0 saturated carbocycles. The number of hydrogen-bond acceptors (Lipinski definition) is 4. The smallest absolute Gasteiger partial charge is 0.303 e. The van der Waals surface area contributed by atoms with Crippen LogP contribution in [-0.4, -0.2) is 40.9 Å². The van der Waals surface area contributed by atoms with Gasteiger partial charge in [0.1, 0.15) is 0 Å². The number of halogens is 1. The maximum atomic E-state index is 12.7. The summed E-state index contributed by atoms with van der Waals surface area (Å²) in [4.78, 5) is 25.5. The molecule has 3 atom stereocenters. The van der Waals surface area contributed by atoms with Gasteiger partial charge < -0.3 is 14.7 Å². The number of ether oxygens (including phenoxy) is 1. The minimum absolute atomic E-state index is 0.0770. The van der Waals surface area contributed by atoms with E-state index >= 15 is 0 Å². The van der Waals surface area contributed by atoms with Crippen molar-refractivity contribution in [2.24, 2.45) is 0 Å². The zero-order chi connectivity index (χ0) is 19.1. The highest BCUT2D eigenvalue weighted by atomic mass is 35.5. The van der Waals surface area contributed by atoms with E-state index in [0.29, 0.717) is 11.1 Å². The second-order valence-corrected chi connectivity index (χ2v) is 6.46. The Morgan fingerprint density at radius 1 is 1.04 bits per heavy atom. The molecule has 0 bridgehead atoms. The van der Waals surface area contributed by atoms with E-state index in [2.05, 4.69) is 0 Å². The third kappa shape index (κ3) is 5.31. The number of esters is 1. The minimum atomic E-state index is -1.10. The lowest BCUT2D eigenvalue weighted by Crippen LogP contribution is -2.40. The van der Waals surface area contributed by atoms with Gasteiger partial charge in [0.25, 0.3) is 0 Å². The number of benzene rings is 2. The summed E-state index contributed by atoms with van der Waals surface area (Å²) in [6.45, 7) is 1.35. The molecule has 0 heterocycles. The number of carbonyl (C=O) groups excluding carboxylic acids is 2. The van der Waals surface area contributed by atoms with E-state index in [1.165, 1.54) is 11.8 Å². The van der Waals surface area contributed by atoms with Crippen LogP contribution in [0.4, 0.5) is 0 Å². The summed E-state index contributed by atoms with van der Waals surface area (Å²) in [5.41, 5.74) is 1.34. The molecule has 5 nitrogen and oxygen atoms in total. The lowest BCUT2D eigenvalue weighted by atomic mass is 10.0. The molecular formula is C20H22ClNO4. The van der Waals surface area contributed by atoms with Crippen LogP contribution < -0.4 is 0 Å². The molecule has 0 fully saturated rings. The molecule has 1 N–H and O–H groups in total. The zero-order valence-electron chi connectivity index (χ0n) is 14.7. The highest BCUT2D eigenvalue weighted by Crippen LogP contribution is 2.27. The van der Waals surface area contributed by atoms with E-state index in [9.17, 15) is 14.7 Å². The Hall–Kier alpha value is -2.37. The average molecular weight is 376 g/mol. The number of aliphatic hydroxyl groups excluding tert-OH is 1. The third-order valence-corrected chi connectivity index (χ3v) is 4.35. The number of amides is 1. The number of aliphatic hydroxyl groups is 1. The fraction of sp³-hybridized carbons (Fsp3) is 0.300. The summed E-state index contributed by atoms with van der Waals surface area (Å²) in [5, 5.41) is 9.20. The van der Waals surface area contributed by atoms with Crippen LogP contribution in [0, 0.1) is 0 Å². The van der Waals surface area contributed by atoms with Gasteiger partial charge in [-0.3, -0.25) is 9.59 Å². The number of nitrogens with zero attached hydrogens (tertiary/aromatic N) is 1. The van der Waals surface area contributed by atoms with Gasteiger partial charge in [-0.25, -0.2) is 0 Å². The van der Waals surface area contributed by atoms with Crippen molar-refractivity contribution in [3.8, 4) is 0 Å². The van der Waals surface area contributed by atoms with Crippen molar-refractivity contribution in [3.63, 3.8) is 0 Å². The Morgan fingerprint density at radius 2 is 1.54 bits per heavy atom. The van der Waals surface area contributed by atoms with Crippen LogP contribution >= 0.6 is 11.6 Å². The summed E-state index contributed by atoms with van der Waals surface area (Å²) in [6, 6.07) is 17.9. The maximum absolute atomic E-state index is 12.7. The van der Waals surface area contributed by atoms with Gasteiger partial charge in [0.2, 0.25) is 5.91 Å². The molecule has 0 aliphatic carbocycles. The van der Waals surface area contributed by atoms with Gasteiger partial charge in [0, 0.05) is 14.0 Å².